The molecular weight excluding hydrogens is 378 g/mol. The zero-order valence-electron chi connectivity index (χ0n) is 16.5. The second kappa shape index (κ2) is 7.14. The first-order valence-corrected chi connectivity index (χ1v) is 9.78. The number of pyridine rings is 1. The highest BCUT2D eigenvalue weighted by molar-refractivity contribution is 5.99. The molecule has 0 saturated carbocycles. The second-order valence-corrected chi connectivity index (χ2v) is 7.33. The molecule has 8 nitrogen and oxygen atoms in total. The van der Waals surface area contributed by atoms with Gasteiger partial charge < -0.3 is 16.0 Å². The van der Waals surface area contributed by atoms with Crippen molar-refractivity contribution in [2.24, 2.45) is 5.73 Å². The van der Waals surface area contributed by atoms with E-state index in [1.54, 1.807) is 22.7 Å². The third-order valence-corrected chi connectivity index (χ3v) is 5.38. The molecule has 8 heteroatoms. The van der Waals surface area contributed by atoms with E-state index >= 15 is 0 Å². The Balaban J connectivity index is 1.60. The molecule has 4 aromatic rings. The summed E-state index contributed by atoms with van der Waals surface area (Å²) >= 11 is 0. The summed E-state index contributed by atoms with van der Waals surface area (Å²) in [4.78, 5) is 28.0. The van der Waals surface area contributed by atoms with Crippen molar-refractivity contribution in [3.05, 3.63) is 71.5 Å². The summed E-state index contributed by atoms with van der Waals surface area (Å²) in [5.74, 6) is 2.29. The van der Waals surface area contributed by atoms with Crippen molar-refractivity contribution < 1.29 is 4.79 Å². The Morgan fingerprint density at radius 3 is 2.80 bits per heavy atom. The van der Waals surface area contributed by atoms with Gasteiger partial charge >= 0.3 is 0 Å². The molecule has 0 saturated heterocycles. The van der Waals surface area contributed by atoms with Crippen LogP contribution in [0.5, 0.6) is 0 Å². The van der Waals surface area contributed by atoms with Crippen LogP contribution in [-0.2, 0) is 13.0 Å². The zero-order chi connectivity index (χ0) is 20.7. The summed E-state index contributed by atoms with van der Waals surface area (Å²) in [6.07, 6.45) is 4.35. The molecule has 0 bridgehead atoms. The smallest absolute Gasteiger partial charge is 0.250 e. The maximum Gasteiger partial charge on any atom is 0.250 e. The van der Waals surface area contributed by atoms with Crippen LogP contribution in [0.1, 0.15) is 21.5 Å². The fourth-order valence-corrected chi connectivity index (χ4v) is 3.83. The van der Waals surface area contributed by atoms with Crippen molar-refractivity contribution in [1.29, 1.82) is 0 Å². The number of fused-ring (bicyclic) bond motifs is 2. The first kappa shape index (κ1) is 18.1. The first-order valence-electron chi connectivity index (χ1n) is 9.78. The van der Waals surface area contributed by atoms with Crippen LogP contribution < -0.4 is 16.0 Å². The van der Waals surface area contributed by atoms with Crippen LogP contribution >= 0.6 is 0 Å². The Bertz CT molecular complexity index is 1250. The number of aromatic nitrogens is 4. The Morgan fingerprint density at radius 1 is 1.17 bits per heavy atom. The lowest BCUT2D eigenvalue weighted by Crippen LogP contribution is -2.15. The summed E-state index contributed by atoms with van der Waals surface area (Å²) in [5.41, 5.74) is 8.84. The van der Waals surface area contributed by atoms with E-state index in [0.717, 1.165) is 30.2 Å². The van der Waals surface area contributed by atoms with Crippen molar-refractivity contribution in [2.75, 3.05) is 23.8 Å². The minimum absolute atomic E-state index is 0.414. The van der Waals surface area contributed by atoms with Gasteiger partial charge in [0.25, 0.3) is 5.91 Å². The van der Waals surface area contributed by atoms with Crippen LogP contribution in [0.2, 0.25) is 0 Å². The molecule has 0 spiro atoms. The number of nitrogens with two attached hydrogens (primary N) is 1. The summed E-state index contributed by atoms with van der Waals surface area (Å²) < 4.78 is 1.80. The average molecular weight is 399 g/mol. The molecule has 150 valence electrons. The van der Waals surface area contributed by atoms with Gasteiger partial charge in [-0.25, -0.2) is 15.0 Å². The van der Waals surface area contributed by atoms with E-state index in [4.69, 9.17) is 15.7 Å². The van der Waals surface area contributed by atoms with E-state index in [1.165, 1.54) is 5.56 Å². The minimum atomic E-state index is -0.494. The van der Waals surface area contributed by atoms with E-state index in [9.17, 15) is 4.79 Å². The van der Waals surface area contributed by atoms with E-state index in [0.29, 0.717) is 29.3 Å². The van der Waals surface area contributed by atoms with Gasteiger partial charge in [-0.1, -0.05) is 30.3 Å². The monoisotopic (exact) mass is 399 g/mol. The highest BCUT2D eigenvalue weighted by atomic mass is 16.1. The van der Waals surface area contributed by atoms with E-state index in [1.807, 2.05) is 31.4 Å². The van der Waals surface area contributed by atoms with Crippen LogP contribution in [0.15, 0.2) is 54.9 Å². The molecule has 4 heterocycles. The first-order chi connectivity index (χ1) is 14.6. The highest BCUT2D eigenvalue weighted by Crippen LogP contribution is 2.32. The molecule has 1 aliphatic heterocycles. The highest BCUT2D eigenvalue weighted by Gasteiger charge is 2.25. The number of carbonyl (C=O) groups is 1. The van der Waals surface area contributed by atoms with Gasteiger partial charge in [0.2, 0.25) is 0 Å². The van der Waals surface area contributed by atoms with Crippen LogP contribution in [-0.4, -0.2) is 38.9 Å². The number of imidazole rings is 1. The average Bonchev–Trinajstić information content (AvgIpc) is 3.36. The second-order valence-electron chi connectivity index (χ2n) is 7.33. The molecule has 0 aliphatic carbocycles. The zero-order valence-corrected chi connectivity index (χ0v) is 16.5. The Morgan fingerprint density at radius 2 is 2.00 bits per heavy atom. The number of carbonyl (C=O) groups excluding carboxylic acids is 1. The summed E-state index contributed by atoms with van der Waals surface area (Å²) in [6, 6.07) is 13.7. The molecule has 1 aromatic carbocycles. The number of amides is 1. The quantitative estimate of drug-likeness (QED) is 0.535. The fourth-order valence-electron chi connectivity index (χ4n) is 3.83. The van der Waals surface area contributed by atoms with Gasteiger partial charge in [-0.05, 0) is 24.1 Å². The Labute approximate surface area is 173 Å². The van der Waals surface area contributed by atoms with Crippen LogP contribution in [0.3, 0.4) is 0 Å². The summed E-state index contributed by atoms with van der Waals surface area (Å²) in [5, 5.41) is 3.47. The molecule has 1 aliphatic rings. The largest absolute Gasteiger partial charge is 0.366 e. The molecule has 3 N–H and O–H groups in total. The summed E-state index contributed by atoms with van der Waals surface area (Å²) in [6.45, 7) is 1.56. The number of nitrogens with zero attached hydrogens (tertiary/aromatic N) is 5. The van der Waals surface area contributed by atoms with Gasteiger partial charge in [0.15, 0.2) is 11.6 Å². The van der Waals surface area contributed by atoms with Gasteiger partial charge in [0.05, 0.1) is 17.3 Å². The number of anilines is 2. The van der Waals surface area contributed by atoms with Crippen LogP contribution in [0, 0.1) is 0 Å². The SMILES string of the molecule is CN1CCc2c(NCc3ccccc3)nc(-c3ncc4c(C(N)=O)cccn34)nc21. The molecule has 30 heavy (non-hydrogen) atoms. The topological polar surface area (TPSA) is 101 Å². The van der Waals surface area contributed by atoms with E-state index in [-0.39, 0.29) is 0 Å². The van der Waals surface area contributed by atoms with Crippen molar-refractivity contribution in [3.8, 4) is 11.6 Å². The third-order valence-electron chi connectivity index (χ3n) is 5.38. The van der Waals surface area contributed by atoms with E-state index < -0.39 is 5.91 Å². The van der Waals surface area contributed by atoms with Gasteiger partial charge in [-0.2, -0.15) is 0 Å². The van der Waals surface area contributed by atoms with E-state index in [2.05, 4.69) is 27.3 Å². The Kier molecular flexibility index (Phi) is 4.31. The van der Waals surface area contributed by atoms with Gasteiger partial charge in [0, 0.05) is 31.9 Å². The van der Waals surface area contributed by atoms with Crippen molar-refractivity contribution in [3.63, 3.8) is 0 Å². The predicted octanol–water partition coefficient (Wildman–Crippen LogP) is 2.49. The van der Waals surface area contributed by atoms with Crippen molar-refractivity contribution in [2.45, 2.75) is 13.0 Å². The standard InChI is InChI=1S/C22H21N7O/c1-28-11-9-16-19(24-12-14-6-3-2-4-7-14)26-20(27-21(16)28)22-25-13-17-15(18(23)30)8-5-10-29(17)22/h2-8,10,13H,9,11-12H2,1H3,(H2,23,30)(H,24,26,27). The minimum Gasteiger partial charge on any atom is -0.366 e. The molecule has 5 rings (SSSR count). The van der Waals surface area contributed by atoms with Gasteiger partial charge in [-0.3, -0.25) is 9.20 Å². The van der Waals surface area contributed by atoms with Crippen molar-refractivity contribution in [1.82, 2.24) is 19.4 Å². The fraction of sp³-hybridized carbons (Fsp3) is 0.182. The molecule has 0 radical (unpaired) electrons. The number of hydrogen-bond donors (Lipinski definition) is 2. The number of benzene rings is 1. The molecule has 0 fully saturated rings. The summed E-state index contributed by atoms with van der Waals surface area (Å²) in [7, 11) is 2.03. The van der Waals surface area contributed by atoms with Crippen LogP contribution in [0.25, 0.3) is 17.2 Å². The lowest BCUT2D eigenvalue weighted by Gasteiger charge is -2.15. The number of hydrogen-bond acceptors (Lipinski definition) is 6. The molecule has 1 amide bonds. The molecular formula is C22H21N7O. The third kappa shape index (κ3) is 3.02. The lowest BCUT2D eigenvalue weighted by atomic mass is 10.2. The maximum atomic E-state index is 11.8. The number of rotatable bonds is 5. The number of primary amides is 1. The Hall–Kier alpha value is -3.94. The maximum absolute atomic E-state index is 11.8. The van der Waals surface area contributed by atoms with Gasteiger partial charge in [-0.15, -0.1) is 0 Å². The number of nitrogens with one attached hydrogen (secondary N) is 1. The number of likely N-dealkylation sites (N-methyl/N-ethyl adjacent to an activating group) is 1. The molecule has 3 aromatic heterocycles. The lowest BCUT2D eigenvalue weighted by molar-refractivity contribution is 0.100. The molecule has 0 atom stereocenters. The normalized spacial score (nSPS) is 12.9. The molecule has 0 unspecified atom stereocenters. The van der Waals surface area contributed by atoms with Crippen molar-refractivity contribution >= 4 is 23.1 Å². The van der Waals surface area contributed by atoms with Gasteiger partial charge in [0.1, 0.15) is 11.6 Å². The predicted molar refractivity (Wildman–Crippen MR) is 115 cm³/mol. The van der Waals surface area contributed by atoms with Crippen LogP contribution in [0.4, 0.5) is 11.6 Å².